The van der Waals surface area contributed by atoms with Gasteiger partial charge in [-0.05, 0) is 46.4 Å². The largest absolute Gasteiger partial charge is 0.504 e. The summed E-state index contributed by atoms with van der Waals surface area (Å²) in [6.07, 6.45) is 1.33. The summed E-state index contributed by atoms with van der Waals surface area (Å²) in [6, 6.07) is 6.26. The van der Waals surface area contributed by atoms with E-state index in [1.807, 2.05) is 22.6 Å². The second-order valence-electron chi connectivity index (χ2n) is 2.65. The average Bonchev–Trinajstić information content (AvgIpc) is 2.22. The van der Waals surface area contributed by atoms with E-state index in [9.17, 15) is 10.2 Å². The van der Waals surface area contributed by atoms with Crippen LogP contribution in [0.4, 0.5) is 0 Å². The summed E-state index contributed by atoms with van der Waals surface area (Å²) in [5.41, 5.74) is 0.434. The summed E-state index contributed by atoms with van der Waals surface area (Å²) in [6.45, 7) is 0. The Morgan fingerprint density at radius 1 is 1.27 bits per heavy atom. The normalized spacial score (nSPS) is 8.73. The topological polar surface area (TPSA) is 88.0 Å². The van der Waals surface area contributed by atoms with Gasteiger partial charge in [0.1, 0.15) is 17.7 Å². The number of aromatic hydroxyl groups is 2. The van der Waals surface area contributed by atoms with Gasteiger partial charge in [0.05, 0.1) is 3.57 Å². The van der Waals surface area contributed by atoms with Gasteiger partial charge < -0.3 is 10.2 Å². The molecule has 1 rings (SSSR count). The highest BCUT2D eigenvalue weighted by Gasteiger charge is 2.06. The highest BCUT2D eigenvalue weighted by atomic mass is 127. The number of rotatable bonds is 1. The van der Waals surface area contributed by atoms with Crippen LogP contribution >= 0.6 is 22.6 Å². The number of nitrogens with zero attached hydrogens (tertiary/aromatic N) is 2. The maximum atomic E-state index is 9.29. The van der Waals surface area contributed by atoms with E-state index >= 15 is 0 Å². The molecule has 0 saturated carbocycles. The quantitative estimate of drug-likeness (QED) is 0.472. The van der Waals surface area contributed by atoms with Crippen LogP contribution in [0.1, 0.15) is 5.56 Å². The van der Waals surface area contributed by atoms with Gasteiger partial charge in [-0.15, -0.1) is 0 Å². The van der Waals surface area contributed by atoms with Crippen molar-refractivity contribution in [2.45, 2.75) is 0 Å². The molecule has 5 heteroatoms. The molecule has 2 N–H and O–H groups in total. The summed E-state index contributed by atoms with van der Waals surface area (Å²) in [4.78, 5) is 0. The van der Waals surface area contributed by atoms with Crippen LogP contribution in [0, 0.1) is 26.2 Å². The molecule has 1 aromatic carbocycles. The van der Waals surface area contributed by atoms with Crippen molar-refractivity contribution in [3.8, 4) is 23.6 Å². The lowest BCUT2D eigenvalue weighted by Gasteiger charge is -2.01. The third kappa shape index (κ3) is 2.61. The molecular weight excluding hydrogens is 307 g/mol. The van der Waals surface area contributed by atoms with Crippen LogP contribution in [-0.4, -0.2) is 10.2 Å². The van der Waals surface area contributed by atoms with Crippen LogP contribution in [0.5, 0.6) is 11.5 Å². The van der Waals surface area contributed by atoms with Crippen LogP contribution < -0.4 is 0 Å². The zero-order valence-corrected chi connectivity index (χ0v) is 9.56. The predicted molar refractivity (Wildman–Crippen MR) is 61.7 cm³/mol. The van der Waals surface area contributed by atoms with E-state index in [2.05, 4.69) is 0 Å². The molecule has 0 heterocycles. The van der Waals surface area contributed by atoms with Gasteiger partial charge in [-0.25, -0.2) is 0 Å². The van der Waals surface area contributed by atoms with Gasteiger partial charge in [-0.3, -0.25) is 0 Å². The first kappa shape index (κ1) is 11.3. The van der Waals surface area contributed by atoms with Crippen LogP contribution in [0.25, 0.3) is 6.08 Å². The van der Waals surface area contributed by atoms with Crippen LogP contribution in [-0.2, 0) is 0 Å². The molecular formula is C10H5IN2O2. The lowest BCUT2D eigenvalue weighted by molar-refractivity contribution is 0.401. The molecule has 0 radical (unpaired) electrons. The average molecular weight is 312 g/mol. The third-order valence-electron chi connectivity index (χ3n) is 1.62. The molecule has 1 aromatic rings. The van der Waals surface area contributed by atoms with Crippen molar-refractivity contribution in [2.75, 3.05) is 0 Å². The molecule has 15 heavy (non-hydrogen) atoms. The first-order valence-electron chi connectivity index (χ1n) is 3.82. The molecule has 0 aliphatic rings. The second-order valence-corrected chi connectivity index (χ2v) is 3.81. The molecule has 0 aliphatic carbocycles. The molecule has 0 aliphatic heterocycles. The van der Waals surface area contributed by atoms with Crippen molar-refractivity contribution in [1.82, 2.24) is 0 Å². The van der Waals surface area contributed by atoms with Crippen molar-refractivity contribution in [2.24, 2.45) is 0 Å². The van der Waals surface area contributed by atoms with E-state index in [1.54, 1.807) is 18.2 Å². The lowest BCUT2D eigenvalue weighted by Crippen LogP contribution is -1.81. The molecule has 0 bridgehead atoms. The fourth-order valence-electron chi connectivity index (χ4n) is 0.944. The zero-order chi connectivity index (χ0) is 11.4. The van der Waals surface area contributed by atoms with E-state index < -0.39 is 0 Å². The maximum absolute atomic E-state index is 9.29. The second kappa shape index (κ2) is 4.67. The lowest BCUT2D eigenvalue weighted by atomic mass is 10.1. The fourth-order valence-corrected chi connectivity index (χ4v) is 1.58. The Morgan fingerprint density at radius 3 is 2.33 bits per heavy atom. The Bertz CT molecular complexity index is 470. The van der Waals surface area contributed by atoms with E-state index in [1.165, 1.54) is 12.1 Å². The summed E-state index contributed by atoms with van der Waals surface area (Å²) in [5.74, 6) is -0.480. The molecule has 0 atom stereocenters. The van der Waals surface area contributed by atoms with Crippen molar-refractivity contribution in [1.29, 1.82) is 10.5 Å². The summed E-state index contributed by atoms with van der Waals surface area (Å²) >= 11 is 1.84. The summed E-state index contributed by atoms with van der Waals surface area (Å²) in [7, 11) is 0. The number of phenolic OH excluding ortho intramolecular Hbond substituents is 2. The minimum absolute atomic E-state index is 0.0594. The van der Waals surface area contributed by atoms with Crippen molar-refractivity contribution in [3.05, 3.63) is 26.8 Å². The fraction of sp³-hybridized carbons (Fsp3) is 0. The van der Waals surface area contributed by atoms with Gasteiger partial charge >= 0.3 is 0 Å². The number of hydrogen-bond acceptors (Lipinski definition) is 4. The smallest absolute Gasteiger partial charge is 0.171 e. The molecule has 0 aromatic heterocycles. The van der Waals surface area contributed by atoms with Gasteiger partial charge in [0.15, 0.2) is 11.5 Å². The van der Waals surface area contributed by atoms with E-state index in [0.717, 1.165) is 0 Å². The first-order valence-corrected chi connectivity index (χ1v) is 4.89. The molecule has 0 amide bonds. The number of nitriles is 2. The highest BCUT2D eigenvalue weighted by Crippen LogP contribution is 2.31. The molecule has 0 fully saturated rings. The van der Waals surface area contributed by atoms with Gasteiger partial charge in [0, 0.05) is 0 Å². The van der Waals surface area contributed by atoms with E-state index in [0.29, 0.717) is 9.13 Å². The SMILES string of the molecule is N#CC(C#N)=Cc1cc(O)c(O)c(I)c1. The van der Waals surface area contributed by atoms with Gasteiger partial charge in [-0.2, -0.15) is 10.5 Å². The third-order valence-corrected chi connectivity index (χ3v) is 2.44. The molecule has 0 unspecified atom stereocenters. The number of hydrogen-bond donors (Lipinski definition) is 2. The Balaban J connectivity index is 3.26. The number of phenols is 2. The standard InChI is InChI=1S/C10H5IN2O2/c11-8-2-6(1-7(4-12)5-13)3-9(14)10(8)15/h1-3,14-15H. The Kier molecular flexibility index (Phi) is 3.53. The number of allylic oxidation sites excluding steroid dienone is 1. The van der Waals surface area contributed by atoms with Gasteiger partial charge in [-0.1, -0.05) is 0 Å². The Morgan fingerprint density at radius 2 is 1.87 bits per heavy atom. The van der Waals surface area contributed by atoms with Crippen LogP contribution in [0.2, 0.25) is 0 Å². The zero-order valence-electron chi connectivity index (χ0n) is 7.40. The molecule has 4 nitrogen and oxygen atoms in total. The Hall–Kier alpha value is -1.73. The molecule has 74 valence electrons. The van der Waals surface area contributed by atoms with Crippen molar-refractivity contribution >= 4 is 28.7 Å². The van der Waals surface area contributed by atoms with Gasteiger partial charge in [0.25, 0.3) is 0 Å². The monoisotopic (exact) mass is 312 g/mol. The maximum Gasteiger partial charge on any atom is 0.171 e. The van der Waals surface area contributed by atoms with Crippen LogP contribution in [0.15, 0.2) is 17.7 Å². The Labute approximate surface area is 99.8 Å². The molecule has 0 saturated heterocycles. The van der Waals surface area contributed by atoms with E-state index in [4.69, 9.17) is 10.5 Å². The number of halogens is 1. The van der Waals surface area contributed by atoms with E-state index in [-0.39, 0.29) is 17.1 Å². The predicted octanol–water partition coefficient (Wildman–Crippen LogP) is 2.13. The molecule has 0 spiro atoms. The van der Waals surface area contributed by atoms with Crippen molar-refractivity contribution in [3.63, 3.8) is 0 Å². The minimum atomic E-state index is -0.275. The minimum Gasteiger partial charge on any atom is -0.504 e. The van der Waals surface area contributed by atoms with Gasteiger partial charge in [0.2, 0.25) is 0 Å². The summed E-state index contributed by atoms with van der Waals surface area (Å²) < 4.78 is 0.453. The van der Waals surface area contributed by atoms with Crippen molar-refractivity contribution < 1.29 is 10.2 Å². The first-order chi connectivity index (χ1) is 7.08. The summed E-state index contributed by atoms with van der Waals surface area (Å²) in [5, 5.41) is 35.6. The number of benzene rings is 1. The highest BCUT2D eigenvalue weighted by molar-refractivity contribution is 14.1. The van der Waals surface area contributed by atoms with Crippen LogP contribution in [0.3, 0.4) is 0 Å².